The van der Waals surface area contributed by atoms with Gasteiger partial charge in [-0.1, -0.05) is 41.9 Å². The monoisotopic (exact) mass is 546 g/mol. The molecule has 0 aliphatic heterocycles. The Kier molecular flexibility index (Phi) is 8.68. The second kappa shape index (κ2) is 12.3. The fraction of sp³-hybridized carbons (Fsp3) is 0.133. The number of hydrogen-bond acceptors (Lipinski definition) is 6. The van der Waals surface area contributed by atoms with E-state index in [-0.39, 0.29) is 35.3 Å². The largest absolute Gasteiger partial charge is 0.457 e. The molecule has 0 aliphatic carbocycles. The molecule has 4 aromatic rings. The first kappa shape index (κ1) is 27.5. The molecule has 9 heteroatoms. The van der Waals surface area contributed by atoms with Crippen LogP contribution in [0.1, 0.15) is 37.5 Å². The van der Waals surface area contributed by atoms with Crippen LogP contribution < -0.4 is 4.90 Å². The first-order valence-electron chi connectivity index (χ1n) is 12.0. The summed E-state index contributed by atoms with van der Waals surface area (Å²) >= 11 is 6.52. The van der Waals surface area contributed by atoms with E-state index in [1.807, 2.05) is 19.1 Å². The molecule has 4 rings (SSSR count). The van der Waals surface area contributed by atoms with Gasteiger partial charge in [-0.15, -0.1) is 0 Å². The van der Waals surface area contributed by atoms with Crippen molar-refractivity contribution in [3.8, 4) is 0 Å². The molecule has 198 valence electrons. The Morgan fingerprint density at radius 1 is 0.846 bits per heavy atom. The molecule has 0 aliphatic rings. The Labute approximate surface area is 229 Å². The number of benzene rings is 3. The summed E-state index contributed by atoms with van der Waals surface area (Å²) in [5, 5.41) is 0.127. The number of ketones is 1. The Balaban J connectivity index is 1.56. The van der Waals surface area contributed by atoms with Crippen molar-refractivity contribution in [1.29, 1.82) is 0 Å². The third-order valence-electron chi connectivity index (χ3n) is 5.84. The maximum Gasteiger partial charge on any atom is 0.419 e. The minimum Gasteiger partial charge on any atom is -0.457 e. The lowest BCUT2D eigenvalue weighted by atomic mass is 9.99. The highest BCUT2D eigenvalue weighted by Gasteiger charge is 2.24. The van der Waals surface area contributed by atoms with Gasteiger partial charge in [-0.2, -0.15) is 0 Å². The Morgan fingerprint density at radius 3 is 2.28 bits per heavy atom. The number of aromatic nitrogens is 1. The standard InChI is InChI=1S/C30H24ClFN2O5/c1-19-7-3-4-8-23(19)28(35)24-12-11-22(18-25(24)31)34(27-13-10-21(32)17-20(27)2)30(37)39-16-15-38-29(36)26-9-5-6-14-33-26/h3-14,17-18H,15-16H2,1-2H3. The molecule has 0 N–H and O–H groups in total. The number of halogens is 2. The Bertz CT molecular complexity index is 1530. The van der Waals surface area contributed by atoms with Crippen molar-refractivity contribution >= 4 is 40.8 Å². The van der Waals surface area contributed by atoms with Gasteiger partial charge < -0.3 is 9.47 Å². The fourth-order valence-corrected chi connectivity index (χ4v) is 4.16. The SMILES string of the molecule is Cc1ccccc1C(=O)c1ccc(N(C(=O)OCCOC(=O)c2ccccn2)c2ccc(F)cc2C)cc1Cl. The molecule has 0 atom stereocenters. The minimum absolute atomic E-state index is 0.127. The smallest absolute Gasteiger partial charge is 0.419 e. The van der Waals surface area contributed by atoms with Crippen molar-refractivity contribution in [1.82, 2.24) is 4.98 Å². The summed E-state index contributed by atoms with van der Waals surface area (Å²) in [6.07, 6.45) is 0.650. The van der Waals surface area contributed by atoms with Crippen LogP contribution in [0.2, 0.25) is 5.02 Å². The van der Waals surface area contributed by atoms with Crippen molar-refractivity contribution in [2.45, 2.75) is 13.8 Å². The van der Waals surface area contributed by atoms with Crippen LogP contribution in [0.4, 0.5) is 20.6 Å². The molecule has 0 spiro atoms. The summed E-state index contributed by atoms with van der Waals surface area (Å²) in [5.74, 6) is -1.38. The predicted octanol–water partition coefficient (Wildman–Crippen LogP) is 6.85. The molecule has 1 heterocycles. The van der Waals surface area contributed by atoms with E-state index in [9.17, 15) is 18.8 Å². The maximum absolute atomic E-state index is 13.8. The lowest BCUT2D eigenvalue weighted by molar-refractivity contribution is 0.0402. The number of rotatable bonds is 8. The molecule has 1 aromatic heterocycles. The molecule has 0 radical (unpaired) electrons. The summed E-state index contributed by atoms with van der Waals surface area (Å²) in [7, 11) is 0. The number of amides is 1. The van der Waals surface area contributed by atoms with E-state index < -0.39 is 17.9 Å². The maximum atomic E-state index is 13.8. The number of ether oxygens (including phenoxy) is 2. The summed E-state index contributed by atoms with van der Waals surface area (Å²) in [6, 6.07) is 20.5. The number of esters is 1. The van der Waals surface area contributed by atoms with Gasteiger partial charge in [-0.05, 0) is 73.5 Å². The molecule has 7 nitrogen and oxygen atoms in total. The minimum atomic E-state index is -0.812. The summed E-state index contributed by atoms with van der Waals surface area (Å²) in [4.78, 5) is 43.6. The van der Waals surface area contributed by atoms with Gasteiger partial charge in [0.1, 0.15) is 24.7 Å². The van der Waals surface area contributed by atoms with E-state index in [2.05, 4.69) is 4.98 Å². The van der Waals surface area contributed by atoms with Gasteiger partial charge in [0.25, 0.3) is 0 Å². The van der Waals surface area contributed by atoms with Crippen molar-refractivity contribution in [3.63, 3.8) is 0 Å². The molecule has 0 unspecified atom stereocenters. The zero-order valence-corrected chi connectivity index (χ0v) is 21.9. The lowest BCUT2D eigenvalue weighted by Crippen LogP contribution is -2.29. The van der Waals surface area contributed by atoms with Crippen LogP contribution in [-0.4, -0.2) is 36.0 Å². The summed E-state index contributed by atoms with van der Waals surface area (Å²) in [5.41, 5.74) is 2.82. The Morgan fingerprint density at radius 2 is 1.59 bits per heavy atom. The van der Waals surface area contributed by atoms with E-state index in [0.717, 1.165) is 5.56 Å². The number of hydrogen-bond donors (Lipinski definition) is 0. The van der Waals surface area contributed by atoms with E-state index in [1.165, 1.54) is 47.5 Å². The molecule has 3 aromatic carbocycles. The molecular formula is C30H24ClFN2O5. The van der Waals surface area contributed by atoms with Gasteiger partial charge in [-0.25, -0.2) is 23.9 Å². The number of pyridine rings is 1. The van der Waals surface area contributed by atoms with Gasteiger partial charge in [0, 0.05) is 17.3 Å². The van der Waals surface area contributed by atoms with Crippen molar-refractivity contribution in [2.75, 3.05) is 18.1 Å². The fourth-order valence-electron chi connectivity index (χ4n) is 3.90. The zero-order chi connectivity index (χ0) is 27.9. The lowest BCUT2D eigenvalue weighted by Gasteiger charge is -2.24. The second-order valence-corrected chi connectivity index (χ2v) is 8.95. The summed E-state index contributed by atoms with van der Waals surface area (Å²) < 4.78 is 24.3. The number of carbonyl (C=O) groups is 3. The van der Waals surface area contributed by atoms with Gasteiger partial charge in [0.15, 0.2) is 5.78 Å². The normalized spacial score (nSPS) is 10.6. The predicted molar refractivity (Wildman–Crippen MR) is 145 cm³/mol. The average Bonchev–Trinajstić information content (AvgIpc) is 2.93. The first-order chi connectivity index (χ1) is 18.8. The van der Waals surface area contributed by atoms with Crippen LogP contribution in [0.5, 0.6) is 0 Å². The molecule has 0 saturated heterocycles. The zero-order valence-electron chi connectivity index (χ0n) is 21.2. The van der Waals surface area contributed by atoms with Gasteiger partial charge in [0.05, 0.1) is 16.4 Å². The van der Waals surface area contributed by atoms with Crippen LogP contribution in [-0.2, 0) is 9.47 Å². The highest BCUT2D eigenvalue weighted by atomic mass is 35.5. The van der Waals surface area contributed by atoms with Crippen LogP contribution in [0.3, 0.4) is 0 Å². The van der Waals surface area contributed by atoms with Crippen molar-refractivity contribution in [3.05, 3.63) is 124 Å². The molecule has 0 fully saturated rings. The van der Waals surface area contributed by atoms with Crippen molar-refractivity contribution in [2.24, 2.45) is 0 Å². The van der Waals surface area contributed by atoms with E-state index >= 15 is 0 Å². The molecular weight excluding hydrogens is 523 g/mol. The molecule has 1 amide bonds. The van der Waals surface area contributed by atoms with E-state index in [4.69, 9.17) is 21.1 Å². The highest BCUT2D eigenvalue weighted by molar-refractivity contribution is 6.35. The van der Waals surface area contributed by atoms with Crippen LogP contribution >= 0.6 is 11.6 Å². The highest BCUT2D eigenvalue weighted by Crippen LogP contribution is 2.33. The number of nitrogens with zero attached hydrogens (tertiary/aromatic N) is 2. The topological polar surface area (TPSA) is 85.8 Å². The van der Waals surface area contributed by atoms with Crippen LogP contribution in [0.15, 0.2) is 85.1 Å². The number of aryl methyl sites for hydroxylation is 2. The first-order valence-corrected chi connectivity index (χ1v) is 12.3. The van der Waals surface area contributed by atoms with Gasteiger partial charge in [-0.3, -0.25) is 4.79 Å². The van der Waals surface area contributed by atoms with Gasteiger partial charge >= 0.3 is 12.1 Å². The number of anilines is 2. The van der Waals surface area contributed by atoms with Gasteiger partial charge in [0.2, 0.25) is 0 Å². The third-order valence-corrected chi connectivity index (χ3v) is 6.16. The Hall–Kier alpha value is -4.56. The van der Waals surface area contributed by atoms with E-state index in [1.54, 1.807) is 37.3 Å². The number of carbonyl (C=O) groups excluding carboxylic acids is 3. The molecule has 0 saturated carbocycles. The average molecular weight is 547 g/mol. The third kappa shape index (κ3) is 6.48. The second-order valence-electron chi connectivity index (χ2n) is 8.54. The molecule has 0 bridgehead atoms. The molecule has 39 heavy (non-hydrogen) atoms. The quantitative estimate of drug-likeness (QED) is 0.136. The van der Waals surface area contributed by atoms with Crippen molar-refractivity contribution < 1.29 is 28.2 Å². The van der Waals surface area contributed by atoms with Crippen LogP contribution in [0, 0.1) is 19.7 Å². The van der Waals surface area contributed by atoms with E-state index in [0.29, 0.717) is 22.5 Å². The van der Waals surface area contributed by atoms with Crippen LogP contribution in [0.25, 0.3) is 0 Å². The summed E-state index contributed by atoms with van der Waals surface area (Å²) in [6.45, 7) is 3.02.